The molecule has 0 N–H and O–H groups in total. The third kappa shape index (κ3) is 3.70. The summed E-state index contributed by atoms with van der Waals surface area (Å²) in [7, 11) is 0. The van der Waals surface area contributed by atoms with Gasteiger partial charge in [0.2, 0.25) is 0 Å². The van der Waals surface area contributed by atoms with Gasteiger partial charge in [-0.05, 0) is 6.92 Å². The van der Waals surface area contributed by atoms with Gasteiger partial charge >= 0.3 is 0 Å². The van der Waals surface area contributed by atoms with Crippen LogP contribution in [0.25, 0.3) is 0 Å². The van der Waals surface area contributed by atoms with E-state index >= 15 is 0 Å². The van der Waals surface area contributed by atoms with Crippen LogP contribution < -0.4 is 0 Å². The molecule has 0 heterocycles. The van der Waals surface area contributed by atoms with E-state index in [1.54, 1.807) is 6.92 Å². The van der Waals surface area contributed by atoms with E-state index in [4.69, 9.17) is 11.6 Å². The number of rotatable bonds is 1. The Bertz CT molecular complexity index is 71.6. The lowest BCUT2D eigenvalue weighted by Gasteiger charge is -1.72. The second-order valence-corrected chi connectivity index (χ2v) is 1.36. The summed E-state index contributed by atoms with van der Waals surface area (Å²) in [5.74, 6) is 0. The lowest BCUT2D eigenvalue weighted by atomic mass is 10.8. The largest absolute Gasteiger partial charge is 0.250 e. The Hall–Kier alpha value is -0.300. The van der Waals surface area contributed by atoms with E-state index in [2.05, 4.69) is 11.6 Å². The molecule has 0 bridgehead atoms. The molecule has 1 nitrogen and oxygen atoms in total. The topological polar surface area (TPSA) is 12.4 Å². The Morgan fingerprint density at radius 1 is 2.00 bits per heavy atom. The monoisotopic (exact) mass is 103 g/mol. The Morgan fingerprint density at radius 3 is 2.50 bits per heavy atom. The molecule has 6 heavy (non-hydrogen) atoms. The molecule has 0 aliphatic rings. The fourth-order valence-corrected chi connectivity index (χ4v) is 0.195. The van der Waals surface area contributed by atoms with Gasteiger partial charge in [0.25, 0.3) is 0 Å². The van der Waals surface area contributed by atoms with Crippen molar-refractivity contribution in [2.45, 2.75) is 6.92 Å². The van der Waals surface area contributed by atoms with Crippen LogP contribution in [0, 0.1) is 0 Å². The van der Waals surface area contributed by atoms with Crippen LogP contribution in [0.3, 0.4) is 0 Å². The molecule has 0 aromatic heterocycles. The summed E-state index contributed by atoms with van der Waals surface area (Å²) < 4.78 is 0. The summed E-state index contributed by atoms with van der Waals surface area (Å²) in [5, 5.41) is 0.519. The molecule has 0 aliphatic carbocycles. The fraction of sp³-hybridized carbons (Fsp3) is 0.250. The van der Waals surface area contributed by atoms with Gasteiger partial charge in [-0.2, -0.15) is 0 Å². The normalized spacial score (nSPS) is 11.3. The molecule has 0 spiro atoms. The highest BCUT2D eigenvalue weighted by molar-refractivity contribution is 6.64. The standard InChI is InChI=1S/C4H6ClN/c1-3-6-4(2)5/h3H,1H2,2H3/b6-4+. The second kappa shape index (κ2) is 2.91. The van der Waals surface area contributed by atoms with Crippen LogP contribution in [0.1, 0.15) is 6.92 Å². The van der Waals surface area contributed by atoms with Crippen LogP contribution in [0.2, 0.25) is 0 Å². The van der Waals surface area contributed by atoms with E-state index in [-0.39, 0.29) is 0 Å². The van der Waals surface area contributed by atoms with Crippen LogP contribution in [0.15, 0.2) is 17.8 Å². The van der Waals surface area contributed by atoms with Crippen LogP contribution in [0.4, 0.5) is 0 Å². The first-order chi connectivity index (χ1) is 2.77. The molecule has 0 radical (unpaired) electrons. The predicted octanol–water partition coefficient (Wildman–Crippen LogP) is 1.79. The summed E-state index contributed by atoms with van der Waals surface area (Å²) in [4.78, 5) is 3.57. The minimum absolute atomic E-state index is 0.519. The Balaban J connectivity index is 3.41. The van der Waals surface area contributed by atoms with Crippen LogP contribution in [0.5, 0.6) is 0 Å². The Kier molecular flexibility index (Phi) is 2.77. The van der Waals surface area contributed by atoms with Crippen molar-refractivity contribution in [1.82, 2.24) is 0 Å². The maximum Gasteiger partial charge on any atom is 0.103 e. The molecule has 2 heteroatoms. The summed E-state index contributed by atoms with van der Waals surface area (Å²) in [6.45, 7) is 5.03. The van der Waals surface area contributed by atoms with Gasteiger partial charge in [0, 0.05) is 6.20 Å². The molecule has 0 aromatic rings. The van der Waals surface area contributed by atoms with Crippen LogP contribution in [-0.4, -0.2) is 5.17 Å². The van der Waals surface area contributed by atoms with Gasteiger partial charge in [-0.15, -0.1) is 0 Å². The van der Waals surface area contributed by atoms with Crippen molar-refractivity contribution in [2.24, 2.45) is 4.99 Å². The SMILES string of the molecule is C=C/N=C(\C)Cl. The summed E-state index contributed by atoms with van der Waals surface area (Å²) >= 11 is 5.26. The smallest absolute Gasteiger partial charge is 0.103 e. The minimum Gasteiger partial charge on any atom is -0.250 e. The zero-order chi connectivity index (χ0) is 4.99. The van der Waals surface area contributed by atoms with Crippen molar-refractivity contribution < 1.29 is 0 Å². The number of hydrogen-bond donors (Lipinski definition) is 0. The lowest BCUT2D eigenvalue weighted by Crippen LogP contribution is -1.67. The zero-order valence-corrected chi connectivity index (χ0v) is 4.37. The van der Waals surface area contributed by atoms with E-state index < -0.39 is 0 Å². The van der Waals surface area contributed by atoms with Crippen molar-refractivity contribution >= 4 is 16.8 Å². The predicted molar refractivity (Wildman–Crippen MR) is 29.2 cm³/mol. The molecular weight excluding hydrogens is 97.5 g/mol. The highest BCUT2D eigenvalue weighted by Crippen LogP contribution is 1.80. The summed E-state index contributed by atoms with van der Waals surface area (Å²) in [6, 6.07) is 0. The van der Waals surface area contributed by atoms with Crippen LogP contribution in [-0.2, 0) is 0 Å². The first-order valence-electron chi connectivity index (χ1n) is 1.58. The summed E-state index contributed by atoms with van der Waals surface area (Å²) in [6.07, 6.45) is 1.41. The van der Waals surface area contributed by atoms with Crippen LogP contribution >= 0.6 is 11.6 Å². The molecule has 34 valence electrons. The lowest BCUT2D eigenvalue weighted by molar-refractivity contribution is 1.59. The zero-order valence-electron chi connectivity index (χ0n) is 3.61. The molecular formula is C4H6ClN. The molecule has 0 fully saturated rings. The number of nitrogens with zero attached hydrogens (tertiary/aromatic N) is 1. The van der Waals surface area contributed by atoms with Gasteiger partial charge in [-0.25, -0.2) is 0 Å². The summed E-state index contributed by atoms with van der Waals surface area (Å²) in [5.41, 5.74) is 0. The maximum absolute atomic E-state index is 5.26. The Labute approximate surface area is 42.3 Å². The first kappa shape index (κ1) is 5.70. The van der Waals surface area contributed by atoms with Crippen molar-refractivity contribution in [3.63, 3.8) is 0 Å². The number of hydrogen-bond acceptors (Lipinski definition) is 1. The molecule has 0 aromatic carbocycles. The minimum atomic E-state index is 0.519. The molecule has 0 aliphatic heterocycles. The maximum atomic E-state index is 5.26. The average Bonchev–Trinajstić information content (AvgIpc) is 1.35. The number of halogens is 1. The molecule has 0 saturated carbocycles. The quantitative estimate of drug-likeness (QED) is 0.449. The molecule has 0 amide bonds. The molecule has 0 saturated heterocycles. The van der Waals surface area contributed by atoms with E-state index in [1.807, 2.05) is 0 Å². The van der Waals surface area contributed by atoms with Gasteiger partial charge in [-0.1, -0.05) is 18.2 Å². The van der Waals surface area contributed by atoms with E-state index in [1.165, 1.54) is 6.20 Å². The van der Waals surface area contributed by atoms with Gasteiger partial charge in [0.05, 0.1) is 0 Å². The highest BCUT2D eigenvalue weighted by atomic mass is 35.5. The van der Waals surface area contributed by atoms with Gasteiger partial charge in [0.15, 0.2) is 0 Å². The van der Waals surface area contributed by atoms with Crippen molar-refractivity contribution in [1.29, 1.82) is 0 Å². The van der Waals surface area contributed by atoms with Crippen molar-refractivity contribution in [3.8, 4) is 0 Å². The van der Waals surface area contributed by atoms with Gasteiger partial charge < -0.3 is 0 Å². The third-order valence-corrected chi connectivity index (χ3v) is 0.367. The number of aliphatic imine (C=N–C) groups is 1. The van der Waals surface area contributed by atoms with E-state index in [0.717, 1.165) is 0 Å². The molecule has 0 rings (SSSR count). The van der Waals surface area contributed by atoms with E-state index in [9.17, 15) is 0 Å². The van der Waals surface area contributed by atoms with E-state index in [0.29, 0.717) is 5.17 Å². The molecule has 0 atom stereocenters. The van der Waals surface area contributed by atoms with Crippen molar-refractivity contribution in [3.05, 3.63) is 12.8 Å². The van der Waals surface area contributed by atoms with Gasteiger partial charge in [-0.3, -0.25) is 4.99 Å². The highest BCUT2D eigenvalue weighted by Gasteiger charge is 1.68. The second-order valence-electron chi connectivity index (χ2n) is 0.809. The first-order valence-corrected chi connectivity index (χ1v) is 1.96. The molecule has 0 unspecified atom stereocenters. The fourth-order valence-electron chi connectivity index (χ4n) is 0.126. The van der Waals surface area contributed by atoms with Gasteiger partial charge in [0.1, 0.15) is 5.17 Å². The average molecular weight is 104 g/mol. The Morgan fingerprint density at radius 2 is 2.50 bits per heavy atom. The third-order valence-electron chi connectivity index (χ3n) is 0.269. The van der Waals surface area contributed by atoms with Crippen molar-refractivity contribution in [2.75, 3.05) is 0 Å².